The summed E-state index contributed by atoms with van der Waals surface area (Å²) in [5, 5.41) is 2.21. The minimum Gasteiger partial charge on any atom is -0.342 e. The SMILES string of the molecule is CC(C)CC(NC(=O)CN)C(=O)F. The summed E-state index contributed by atoms with van der Waals surface area (Å²) in [7, 11) is 0. The number of carbonyl (C=O) groups is 2. The number of nitrogens with one attached hydrogen (secondary N) is 1. The largest absolute Gasteiger partial charge is 0.342 e. The third-order valence-electron chi connectivity index (χ3n) is 1.50. The standard InChI is InChI=1S/C8H15FN2O2/c1-5(2)3-6(8(9)13)11-7(12)4-10/h5-6H,3-4,10H2,1-2H3,(H,11,12). The van der Waals surface area contributed by atoms with Gasteiger partial charge in [0.1, 0.15) is 6.04 Å². The molecule has 1 atom stereocenters. The van der Waals surface area contributed by atoms with Crippen LogP contribution in [0.4, 0.5) is 4.39 Å². The lowest BCUT2D eigenvalue weighted by Crippen LogP contribution is -2.43. The van der Waals surface area contributed by atoms with E-state index in [0.717, 1.165) is 0 Å². The second-order valence-electron chi connectivity index (χ2n) is 3.26. The summed E-state index contributed by atoms with van der Waals surface area (Å²) in [5.41, 5.74) is 5.01. The van der Waals surface area contributed by atoms with Crippen LogP contribution in [0.5, 0.6) is 0 Å². The van der Waals surface area contributed by atoms with E-state index < -0.39 is 18.0 Å². The molecule has 0 aromatic heterocycles. The van der Waals surface area contributed by atoms with E-state index in [-0.39, 0.29) is 12.5 Å². The van der Waals surface area contributed by atoms with Crippen LogP contribution >= 0.6 is 0 Å². The minimum absolute atomic E-state index is 0.141. The molecule has 0 aliphatic heterocycles. The maximum Gasteiger partial charge on any atom is 0.323 e. The van der Waals surface area contributed by atoms with Gasteiger partial charge >= 0.3 is 6.04 Å². The summed E-state index contributed by atoms with van der Waals surface area (Å²) < 4.78 is 12.3. The number of amides is 1. The molecule has 0 spiro atoms. The van der Waals surface area contributed by atoms with Crippen LogP contribution in [0.15, 0.2) is 0 Å². The van der Waals surface area contributed by atoms with Gasteiger partial charge in [0.25, 0.3) is 0 Å². The first-order valence-electron chi connectivity index (χ1n) is 4.16. The van der Waals surface area contributed by atoms with Crippen molar-refractivity contribution in [3.8, 4) is 0 Å². The van der Waals surface area contributed by atoms with E-state index in [1.54, 1.807) is 0 Å². The van der Waals surface area contributed by atoms with Crippen molar-refractivity contribution >= 4 is 11.9 Å². The number of rotatable bonds is 5. The van der Waals surface area contributed by atoms with E-state index >= 15 is 0 Å². The van der Waals surface area contributed by atoms with Crippen LogP contribution in [0.2, 0.25) is 0 Å². The van der Waals surface area contributed by atoms with Crippen LogP contribution in [0, 0.1) is 5.92 Å². The van der Waals surface area contributed by atoms with E-state index in [4.69, 9.17) is 5.73 Å². The summed E-state index contributed by atoms with van der Waals surface area (Å²) in [6, 6.07) is -2.56. The van der Waals surface area contributed by atoms with Gasteiger partial charge < -0.3 is 11.1 Å². The smallest absolute Gasteiger partial charge is 0.323 e. The first-order valence-corrected chi connectivity index (χ1v) is 4.16. The lowest BCUT2D eigenvalue weighted by atomic mass is 10.0. The predicted octanol–water partition coefficient (Wildman–Crippen LogP) is -0.0279. The number of nitrogens with two attached hydrogens (primary N) is 1. The highest BCUT2D eigenvalue weighted by atomic mass is 19.1. The summed E-state index contributed by atoms with van der Waals surface area (Å²) in [4.78, 5) is 21.2. The van der Waals surface area contributed by atoms with Crippen molar-refractivity contribution in [1.82, 2.24) is 5.32 Å². The molecule has 76 valence electrons. The van der Waals surface area contributed by atoms with Crippen LogP contribution in [0.25, 0.3) is 0 Å². The average molecular weight is 190 g/mol. The number of hydrogen-bond donors (Lipinski definition) is 2. The van der Waals surface area contributed by atoms with E-state index in [2.05, 4.69) is 5.32 Å². The normalized spacial score (nSPS) is 12.7. The fraction of sp³-hybridized carbons (Fsp3) is 0.750. The Kier molecular flexibility index (Phi) is 5.22. The molecular formula is C8H15FN2O2. The molecule has 0 saturated heterocycles. The van der Waals surface area contributed by atoms with Crippen LogP contribution < -0.4 is 11.1 Å². The van der Waals surface area contributed by atoms with Gasteiger partial charge in [-0.05, 0) is 12.3 Å². The molecule has 0 aromatic rings. The third-order valence-corrected chi connectivity index (χ3v) is 1.50. The first-order chi connectivity index (χ1) is 5.97. The van der Waals surface area contributed by atoms with Crippen molar-refractivity contribution in [1.29, 1.82) is 0 Å². The zero-order chi connectivity index (χ0) is 10.4. The number of halogens is 1. The van der Waals surface area contributed by atoms with Crippen LogP contribution in [-0.2, 0) is 9.59 Å². The van der Waals surface area contributed by atoms with E-state index in [1.807, 2.05) is 13.8 Å². The fourth-order valence-corrected chi connectivity index (χ4v) is 0.933. The fourth-order valence-electron chi connectivity index (χ4n) is 0.933. The van der Waals surface area contributed by atoms with Gasteiger partial charge in [-0.2, -0.15) is 4.39 Å². The molecule has 0 rings (SSSR count). The zero-order valence-electron chi connectivity index (χ0n) is 7.84. The van der Waals surface area contributed by atoms with E-state index in [9.17, 15) is 14.0 Å². The van der Waals surface area contributed by atoms with Gasteiger partial charge in [-0.15, -0.1) is 0 Å². The van der Waals surface area contributed by atoms with Gasteiger partial charge in [0.2, 0.25) is 5.91 Å². The van der Waals surface area contributed by atoms with Crippen LogP contribution in [0.3, 0.4) is 0 Å². The summed E-state index contributed by atoms with van der Waals surface area (Å²) in [6.45, 7) is 3.44. The zero-order valence-corrected chi connectivity index (χ0v) is 7.84. The molecule has 0 aliphatic rings. The minimum atomic E-state index is -1.52. The highest BCUT2D eigenvalue weighted by Gasteiger charge is 2.20. The highest BCUT2D eigenvalue weighted by molar-refractivity contribution is 5.84. The number of hydrogen-bond acceptors (Lipinski definition) is 3. The van der Waals surface area contributed by atoms with Gasteiger partial charge in [0.05, 0.1) is 6.54 Å². The lowest BCUT2D eigenvalue weighted by molar-refractivity contribution is -0.135. The van der Waals surface area contributed by atoms with Gasteiger partial charge in [0.15, 0.2) is 0 Å². The molecule has 3 N–H and O–H groups in total. The number of carbonyl (C=O) groups excluding carboxylic acids is 2. The second kappa shape index (κ2) is 5.64. The Labute approximate surface area is 76.7 Å². The van der Waals surface area contributed by atoms with Crippen LogP contribution in [-0.4, -0.2) is 24.5 Å². The summed E-state index contributed by atoms with van der Waals surface area (Å²) in [6.07, 6.45) is 0.293. The molecular weight excluding hydrogens is 175 g/mol. The topological polar surface area (TPSA) is 72.2 Å². The van der Waals surface area contributed by atoms with Crippen molar-refractivity contribution in [3.63, 3.8) is 0 Å². The second-order valence-corrected chi connectivity index (χ2v) is 3.26. The van der Waals surface area contributed by atoms with Gasteiger partial charge in [0, 0.05) is 0 Å². The maximum atomic E-state index is 12.3. The highest BCUT2D eigenvalue weighted by Crippen LogP contribution is 2.05. The van der Waals surface area contributed by atoms with E-state index in [0.29, 0.717) is 6.42 Å². The summed E-state index contributed by atoms with van der Waals surface area (Å²) in [5.74, 6) is -0.376. The van der Waals surface area contributed by atoms with E-state index in [1.165, 1.54) is 0 Å². The maximum absolute atomic E-state index is 12.3. The Hall–Kier alpha value is -0.970. The van der Waals surface area contributed by atoms with Gasteiger partial charge in [-0.3, -0.25) is 9.59 Å². The van der Waals surface area contributed by atoms with Crippen molar-refractivity contribution in [2.24, 2.45) is 11.7 Å². The molecule has 13 heavy (non-hydrogen) atoms. The lowest BCUT2D eigenvalue weighted by Gasteiger charge is -2.14. The molecule has 5 heteroatoms. The predicted molar refractivity (Wildman–Crippen MR) is 46.6 cm³/mol. The quantitative estimate of drug-likeness (QED) is 0.598. The van der Waals surface area contributed by atoms with Crippen molar-refractivity contribution in [2.45, 2.75) is 26.3 Å². The van der Waals surface area contributed by atoms with Crippen LogP contribution in [0.1, 0.15) is 20.3 Å². The van der Waals surface area contributed by atoms with Crippen molar-refractivity contribution in [3.05, 3.63) is 0 Å². The molecule has 0 saturated carbocycles. The molecule has 1 unspecified atom stereocenters. The molecule has 0 radical (unpaired) electrons. The molecule has 0 aliphatic carbocycles. The Bertz CT molecular complexity index is 195. The molecule has 4 nitrogen and oxygen atoms in total. The Morgan fingerprint density at radius 2 is 2.00 bits per heavy atom. The van der Waals surface area contributed by atoms with Gasteiger partial charge in [-0.1, -0.05) is 13.8 Å². The first kappa shape index (κ1) is 12.0. The van der Waals surface area contributed by atoms with Crippen molar-refractivity contribution < 1.29 is 14.0 Å². The molecule has 1 amide bonds. The average Bonchev–Trinajstić information content (AvgIpc) is 2.02. The Morgan fingerprint density at radius 1 is 1.46 bits per heavy atom. The van der Waals surface area contributed by atoms with Gasteiger partial charge in [-0.25, -0.2) is 0 Å². The Balaban J connectivity index is 4.10. The van der Waals surface area contributed by atoms with Crippen molar-refractivity contribution in [2.75, 3.05) is 6.54 Å². The molecule has 0 heterocycles. The third kappa shape index (κ3) is 5.30. The monoisotopic (exact) mass is 190 g/mol. The Morgan fingerprint density at radius 3 is 2.31 bits per heavy atom. The molecule has 0 bridgehead atoms. The molecule has 0 fully saturated rings. The summed E-state index contributed by atoms with van der Waals surface area (Å²) >= 11 is 0. The molecule has 0 aromatic carbocycles.